The fraction of sp³-hybridized carbons (Fsp3) is 0.312. The zero-order chi connectivity index (χ0) is 14.7. The van der Waals surface area contributed by atoms with Gasteiger partial charge >= 0.3 is 0 Å². The highest BCUT2D eigenvalue weighted by atomic mass is 16.5. The second-order valence-electron chi connectivity index (χ2n) is 4.74. The van der Waals surface area contributed by atoms with Crippen molar-refractivity contribution < 1.29 is 4.74 Å². The van der Waals surface area contributed by atoms with E-state index in [0.29, 0.717) is 12.1 Å². The molecule has 1 unspecified atom stereocenters. The maximum absolute atomic E-state index is 12.4. The molecule has 1 aromatic carbocycles. The van der Waals surface area contributed by atoms with E-state index in [2.05, 4.69) is 0 Å². The van der Waals surface area contributed by atoms with Gasteiger partial charge in [-0.05, 0) is 55.8 Å². The van der Waals surface area contributed by atoms with E-state index in [4.69, 9.17) is 10.5 Å². The summed E-state index contributed by atoms with van der Waals surface area (Å²) >= 11 is 0. The van der Waals surface area contributed by atoms with E-state index in [1.54, 1.807) is 11.7 Å². The standard InChI is InChI=1S/C16H20N2O2/c1-4-18-15(10-9-14(11(2)17)16(18)19)12-5-7-13(20-3)8-6-12/h5-11H,4,17H2,1-3H3. The van der Waals surface area contributed by atoms with Crippen molar-refractivity contribution in [1.29, 1.82) is 0 Å². The number of hydrogen-bond donors (Lipinski definition) is 1. The van der Waals surface area contributed by atoms with Crippen LogP contribution in [0.5, 0.6) is 5.75 Å². The van der Waals surface area contributed by atoms with Gasteiger partial charge in [-0.1, -0.05) is 0 Å². The molecule has 0 aliphatic heterocycles. The molecule has 2 rings (SSSR count). The van der Waals surface area contributed by atoms with Crippen molar-refractivity contribution in [2.45, 2.75) is 26.4 Å². The molecule has 0 spiro atoms. The molecule has 1 aromatic heterocycles. The van der Waals surface area contributed by atoms with Crippen molar-refractivity contribution in [2.75, 3.05) is 7.11 Å². The molecule has 0 fully saturated rings. The molecule has 0 saturated heterocycles. The summed E-state index contributed by atoms with van der Waals surface area (Å²) in [6.07, 6.45) is 0. The van der Waals surface area contributed by atoms with Gasteiger partial charge in [0.1, 0.15) is 5.75 Å². The first-order valence-corrected chi connectivity index (χ1v) is 6.72. The summed E-state index contributed by atoms with van der Waals surface area (Å²) in [7, 11) is 1.63. The van der Waals surface area contributed by atoms with Gasteiger partial charge in [-0.2, -0.15) is 0 Å². The van der Waals surface area contributed by atoms with Crippen molar-refractivity contribution >= 4 is 0 Å². The largest absolute Gasteiger partial charge is 0.497 e. The minimum Gasteiger partial charge on any atom is -0.497 e. The predicted molar refractivity (Wildman–Crippen MR) is 81.0 cm³/mol. The van der Waals surface area contributed by atoms with Crippen molar-refractivity contribution in [3.63, 3.8) is 0 Å². The number of nitrogens with zero attached hydrogens (tertiary/aromatic N) is 1. The van der Waals surface area contributed by atoms with Gasteiger partial charge in [-0.25, -0.2) is 0 Å². The van der Waals surface area contributed by atoms with Crippen LogP contribution in [-0.4, -0.2) is 11.7 Å². The van der Waals surface area contributed by atoms with Crippen LogP contribution >= 0.6 is 0 Å². The van der Waals surface area contributed by atoms with Crippen LogP contribution in [0.3, 0.4) is 0 Å². The maximum Gasteiger partial charge on any atom is 0.255 e. The van der Waals surface area contributed by atoms with E-state index in [1.807, 2.05) is 50.2 Å². The number of rotatable bonds is 4. The van der Waals surface area contributed by atoms with Gasteiger partial charge in [0.25, 0.3) is 5.56 Å². The number of ether oxygens (including phenoxy) is 1. The summed E-state index contributed by atoms with van der Waals surface area (Å²) in [5.41, 5.74) is 8.34. The Hall–Kier alpha value is -2.07. The molecule has 0 amide bonds. The highest BCUT2D eigenvalue weighted by Crippen LogP contribution is 2.22. The lowest BCUT2D eigenvalue weighted by molar-refractivity contribution is 0.415. The number of methoxy groups -OCH3 is 1. The molecule has 0 saturated carbocycles. The number of pyridine rings is 1. The molecule has 1 heterocycles. The first-order chi connectivity index (χ1) is 9.58. The molecule has 2 N–H and O–H groups in total. The molecular formula is C16H20N2O2. The van der Waals surface area contributed by atoms with E-state index in [-0.39, 0.29) is 11.6 Å². The Morgan fingerprint density at radius 3 is 2.35 bits per heavy atom. The average molecular weight is 272 g/mol. The van der Waals surface area contributed by atoms with Gasteiger partial charge in [-0.3, -0.25) is 4.79 Å². The predicted octanol–water partition coefficient (Wildman–Crippen LogP) is 2.56. The molecule has 0 bridgehead atoms. The van der Waals surface area contributed by atoms with Crippen LogP contribution in [0.25, 0.3) is 11.3 Å². The van der Waals surface area contributed by atoms with Crippen LogP contribution in [0, 0.1) is 0 Å². The number of aromatic nitrogens is 1. The molecule has 0 aliphatic carbocycles. The molecule has 0 aliphatic rings. The number of nitrogens with two attached hydrogens (primary N) is 1. The third kappa shape index (κ3) is 2.60. The summed E-state index contributed by atoms with van der Waals surface area (Å²) < 4.78 is 6.90. The van der Waals surface area contributed by atoms with Crippen molar-refractivity contribution in [2.24, 2.45) is 5.73 Å². The molecule has 1 atom stereocenters. The fourth-order valence-corrected chi connectivity index (χ4v) is 2.27. The second kappa shape index (κ2) is 5.92. The minimum absolute atomic E-state index is 0.0178. The van der Waals surface area contributed by atoms with Crippen LogP contribution in [0.1, 0.15) is 25.5 Å². The first-order valence-electron chi connectivity index (χ1n) is 6.72. The molecule has 106 valence electrons. The summed E-state index contributed by atoms with van der Waals surface area (Å²) in [5.74, 6) is 0.798. The van der Waals surface area contributed by atoms with E-state index in [1.165, 1.54) is 0 Å². The number of benzene rings is 1. The lowest BCUT2D eigenvalue weighted by Gasteiger charge is -2.15. The van der Waals surface area contributed by atoms with E-state index in [0.717, 1.165) is 17.0 Å². The van der Waals surface area contributed by atoms with Crippen LogP contribution in [0.4, 0.5) is 0 Å². The molecule has 2 aromatic rings. The van der Waals surface area contributed by atoms with Gasteiger partial charge in [0.2, 0.25) is 0 Å². The fourth-order valence-electron chi connectivity index (χ4n) is 2.27. The molecular weight excluding hydrogens is 252 g/mol. The monoisotopic (exact) mass is 272 g/mol. The Morgan fingerprint density at radius 2 is 1.85 bits per heavy atom. The van der Waals surface area contributed by atoms with Crippen molar-refractivity contribution in [3.8, 4) is 17.0 Å². The summed E-state index contributed by atoms with van der Waals surface area (Å²) in [5, 5.41) is 0. The Labute approximate surface area is 118 Å². The molecule has 0 radical (unpaired) electrons. The quantitative estimate of drug-likeness (QED) is 0.930. The van der Waals surface area contributed by atoms with Gasteiger partial charge in [0.05, 0.1) is 12.8 Å². The summed E-state index contributed by atoms with van der Waals surface area (Å²) in [6.45, 7) is 4.39. The third-order valence-electron chi connectivity index (χ3n) is 3.40. The van der Waals surface area contributed by atoms with Gasteiger partial charge in [0, 0.05) is 18.2 Å². The lowest BCUT2D eigenvalue weighted by atomic mass is 10.1. The Morgan fingerprint density at radius 1 is 1.20 bits per heavy atom. The SMILES string of the molecule is CCn1c(-c2ccc(OC)cc2)ccc(C(C)N)c1=O. The zero-order valence-corrected chi connectivity index (χ0v) is 12.1. The lowest BCUT2D eigenvalue weighted by Crippen LogP contribution is -2.27. The highest BCUT2D eigenvalue weighted by molar-refractivity contribution is 5.61. The number of hydrogen-bond acceptors (Lipinski definition) is 3. The van der Waals surface area contributed by atoms with Crippen LogP contribution in [0.2, 0.25) is 0 Å². The van der Waals surface area contributed by atoms with Gasteiger partial charge in [0.15, 0.2) is 0 Å². The normalized spacial score (nSPS) is 12.2. The zero-order valence-electron chi connectivity index (χ0n) is 12.1. The van der Waals surface area contributed by atoms with E-state index < -0.39 is 0 Å². The summed E-state index contributed by atoms with van der Waals surface area (Å²) in [4.78, 5) is 12.4. The van der Waals surface area contributed by atoms with Crippen LogP contribution < -0.4 is 16.0 Å². The van der Waals surface area contributed by atoms with E-state index >= 15 is 0 Å². The second-order valence-corrected chi connectivity index (χ2v) is 4.74. The van der Waals surface area contributed by atoms with Crippen molar-refractivity contribution in [1.82, 2.24) is 4.57 Å². The first kappa shape index (κ1) is 14.3. The van der Waals surface area contributed by atoms with Gasteiger partial charge in [-0.15, -0.1) is 0 Å². The topological polar surface area (TPSA) is 57.2 Å². The molecule has 4 heteroatoms. The van der Waals surface area contributed by atoms with Crippen LogP contribution in [-0.2, 0) is 6.54 Å². The third-order valence-corrected chi connectivity index (χ3v) is 3.40. The van der Waals surface area contributed by atoms with Crippen LogP contribution in [0.15, 0.2) is 41.2 Å². The minimum atomic E-state index is -0.259. The van der Waals surface area contributed by atoms with Crippen molar-refractivity contribution in [3.05, 3.63) is 52.3 Å². The Bertz CT molecular complexity index is 643. The highest BCUT2D eigenvalue weighted by Gasteiger charge is 2.11. The van der Waals surface area contributed by atoms with E-state index in [9.17, 15) is 4.79 Å². The smallest absolute Gasteiger partial charge is 0.255 e. The Kier molecular flexibility index (Phi) is 4.25. The molecule has 20 heavy (non-hydrogen) atoms. The maximum atomic E-state index is 12.4. The molecule has 4 nitrogen and oxygen atoms in total. The van der Waals surface area contributed by atoms with Gasteiger partial charge < -0.3 is 15.0 Å². The summed E-state index contributed by atoms with van der Waals surface area (Å²) in [6, 6.07) is 11.2. The Balaban J connectivity index is 2.56. The average Bonchev–Trinajstić information content (AvgIpc) is 2.46.